The average molecular weight is 262 g/mol. The number of pyridine rings is 2. The summed E-state index contributed by atoms with van der Waals surface area (Å²) in [6.45, 7) is 0. The first kappa shape index (κ1) is 10.9. The number of anilines is 2. The van der Waals surface area contributed by atoms with E-state index < -0.39 is 0 Å². The largest absolute Gasteiger partial charge is 0.423 e. The minimum absolute atomic E-state index is 0.425. The minimum Gasteiger partial charge on any atom is -0.423 e. The number of nitrogens with zero attached hydrogens (tertiary/aromatic N) is 3. The highest BCUT2D eigenvalue weighted by Gasteiger charge is 2.06. The Morgan fingerprint density at radius 2 is 1.85 bits per heavy atom. The fourth-order valence-electron chi connectivity index (χ4n) is 2.06. The van der Waals surface area contributed by atoms with Crippen LogP contribution in [0.3, 0.4) is 0 Å². The van der Waals surface area contributed by atoms with Crippen molar-refractivity contribution in [2.75, 3.05) is 5.32 Å². The van der Waals surface area contributed by atoms with Gasteiger partial charge in [-0.05, 0) is 36.4 Å². The van der Waals surface area contributed by atoms with E-state index in [9.17, 15) is 0 Å². The van der Waals surface area contributed by atoms with Gasteiger partial charge in [-0.1, -0.05) is 12.1 Å². The van der Waals surface area contributed by atoms with Crippen LogP contribution in [0.4, 0.5) is 11.8 Å². The van der Waals surface area contributed by atoms with Crippen molar-refractivity contribution >= 4 is 34.0 Å². The van der Waals surface area contributed by atoms with Crippen LogP contribution >= 0.6 is 0 Å². The van der Waals surface area contributed by atoms with Crippen LogP contribution in [0.1, 0.15) is 0 Å². The van der Waals surface area contributed by atoms with Gasteiger partial charge in [0.25, 0.3) is 0 Å². The van der Waals surface area contributed by atoms with Crippen molar-refractivity contribution in [1.82, 2.24) is 15.0 Å². The molecule has 0 saturated heterocycles. The lowest BCUT2D eigenvalue weighted by Gasteiger charge is -2.01. The summed E-state index contributed by atoms with van der Waals surface area (Å²) in [6.07, 6.45) is 1.72. The molecular formula is C15H10N4O. The van der Waals surface area contributed by atoms with Crippen LogP contribution in [-0.4, -0.2) is 15.0 Å². The Labute approximate surface area is 114 Å². The fourth-order valence-corrected chi connectivity index (χ4v) is 2.06. The highest BCUT2D eigenvalue weighted by atomic mass is 16.4. The van der Waals surface area contributed by atoms with Crippen LogP contribution < -0.4 is 5.32 Å². The molecule has 3 heterocycles. The van der Waals surface area contributed by atoms with Crippen molar-refractivity contribution in [3.05, 3.63) is 54.7 Å². The summed E-state index contributed by atoms with van der Waals surface area (Å²) >= 11 is 0. The molecule has 1 N–H and O–H groups in total. The fraction of sp³-hybridized carbons (Fsp3) is 0. The van der Waals surface area contributed by atoms with E-state index in [1.807, 2.05) is 48.5 Å². The molecule has 0 unspecified atom stereocenters. The van der Waals surface area contributed by atoms with E-state index in [1.54, 1.807) is 6.20 Å². The number of benzene rings is 1. The summed E-state index contributed by atoms with van der Waals surface area (Å²) in [6, 6.07) is 15.7. The van der Waals surface area contributed by atoms with Gasteiger partial charge in [0.15, 0.2) is 11.2 Å². The molecule has 0 fully saturated rings. The third-order valence-electron chi connectivity index (χ3n) is 2.99. The van der Waals surface area contributed by atoms with E-state index in [1.165, 1.54) is 0 Å². The van der Waals surface area contributed by atoms with E-state index in [0.29, 0.717) is 17.5 Å². The van der Waals surface area contributed by atoms with Gasteiger partial charge in [0.2, 0.25) is 0 Å². The zero-order chi connectivity index (χ0) is 13.4. The summed E-state index contributed by atoms with van der Waals surface area (Å²) < 4.78 is 5.60. The molecule has 5 heteroatoms. The minimum atomic E-state index is 0.425. The van der Waals surface area contributed by atoms with E-state index >= 15 is 0 Å². The number of hydrogen-bond acceptors (Lipinski definition) is 5. The highest BCUT2D eigenvalue weighted by molar-refractivity contribution is 5.78. The maximum Gasteiger partial charge on any atom is 0.301 e. The van der Waals surface area contributed by atoms with Crippen molar-refractivity contribution in [1.29, 1.82) is 0 Å². The molecule has 4 aromatic rings. The molecule has 0 aliphatic heterocycles. The van der Waals surface area contributed by atoms with Crippen LogP contribution in [0.5, 0.6) is 0 Å². The molecule has 0 radical (unpaired) electrons. The van der Waals surface area contributed by atoms with E-state index in [2.05, 4.69) is 20.3 Å². The Hall–Kier alpha value is -2.95. The maximum atomic E-state index is 5.60. The molecule has 0 bridgehead atoms. The lowest BCUT2D eigenvalue weighted by Crippen LogP contribution is -1.94. The first-order chi connectivity index (χ1) is 9.88. The van der Waals surface area contributed by atoms with E-state index in [0.717, 1.165) is 16.5 Å². The predicted molar refractivity (Wildman–Crippen MR) is 76.8 cm³/mol. The normalized spacial score (nSPS) is 11.0. The molecule has 0 saturated carbocycles. The standard InChI is InChI=1S/C15H10N4O/c1-2-6-12-11(5-1)17-15(20-12)19-13-8-7-10-4-3-9-16-14(10)18-13/h1-9H,(H,16,17,18,19). The molecule has 0 amide bonds. The predicted octanol–water partition coefficient (Wildman–Crippen LogP) is 3.51. The number of nitrogens with one attached hydrogen (secondary N) is 1. The zero-order valence-corrected chi connectivity index (χ0v) is 10.4. The van der Waals surface area contributed by atoms with Gasteiger partial charge in [-0.3, -0.25) is 5.32 Å². The molecule has 0 atom stereocenters. The van der Waals surface area contributed by atoms with Gasteiger partial charge in [0.05, 0.1) is 0 Å². The summed E-state index contributed by atoms with van der Waals surface area (Å²) in [5, 5.41) is 4.05. The molecule has 20 heavy (non-hydrogen) atoms. The summed E-state index contributed by atoms with van der Waals surface area (Å²) in [5.41, 5.74) is 2.25. The number of oxazole rings is 1. The number of rotatable bonds is 2. The number of hydrogen-bond donors (Lipinski definition) is 1. The van der Waals surface area contributed by atoms with Crippen molar-refractivity contribution in [2.45, 2.75) is 0 Å². The lowest BCUT2D eigenvalue weighted by molar-refractivity contribution is 0.622. The average Bonchev–Trinajstić information content (AvgIpc) is 2.89. The number of para-hydroxylation sites is 2. The molecule has 0 aliphatic carbocycles. The first-order valence-electron chi connectivity index (χ1n) is 6.23. The van der Waals surface area contributed by atoms with E-state index in [-0.39, 0.29) is 0 Å². The van der Waals surface area contributed by atoms with Crippen LogP contribution in [0.15, 0.2) is 59.1 Å². The number of fused-ring (bicyclic) bond motifs is 2. The van der Waals surface area contributed by atoms with Gasteiger partial charge >= 0.3 is 6.01 Å². The van der Waals surface area contributed by atoms with Gasteiger partial charge in [-0.15, -0.1) is 0 Å². The summed E-state index contributed by atoms with van der Waals surface area (Å²) in [5.74, 6) is 0.655. The SMILES string of the molecule is c1cnc2nc(Nc3nc4ccccc4o3)ccc2c1. The van der Waals surface area contributed by atoms with Crippen LogP contribution in [0.25, 0.3) is 22.1 Å². The van der Waals surface area contributed by atoms with Crippen molar-refractivity contribution in [3.8, 4) is 0 Å². The van der Waals surface area contributed by atoms with Crippen LogP contribution in [-0.2, 0) is 0 Å². The lowest BCUT2D eigenvalue weighted by atomic mass is 10.3. The first-order valence-corrected chi connectivity index (χ1v) is 6.23. The summed E-state index contributed by atoms with van der Waals surface area (Å²) in [4.78, 5) is 13.0. The van der Waals surface area contributed by atoms with Gasteiger partial charge < -0.3 is 4.42 Å². The Kier molecular flexibility index (Phi) is 2.35. The Morgan fingerprint density at radius 1 is 0.900 bits per heavy atom. The molecule has 0 aliphatic rings. The topological polar surface area (TPSA) is 63.8 Å². The molecular weight excluding hydrogens is 252 g/mol. The molecule has 96 valence electrons. The van der Waals surface area contributed by atoms with Gasteiger partial charge in [-0.2, -0.15) is 4.98 Å². The smallest absolute Gasteiger partial charge is 0.301 e. The zero-order valence-electron chi connectivity index (χ0n) is 10.4. The maximum absolute atomic E-state index is 5.60. The molecule has 0 spiro atoms. The Bertz CT molecular complexity index is 867. The van der Waals surface area contributed by atoms with Gasteiger partial charge in [0.1, 0.15) is 11.3 Å². The highest BCUT2D eigenvalue weighted by Crippen LogP contribution is 2.21. The van der Waals surface area contributed by atoms with Crippen LogP contribution in [0, 0.1) is 0 Å². The second-order valence-corrected chi connectivity index (χ2v) is 4.36. The Morgan fingerprint density at radius 3 is 2.80 bits per heavy atom. The van der Waals surface area contributed by atoms with Crippen molar-refractivity contribution in [3.63, 3.8) is 0 Å². The van der Waals surface area contributed by atoms with Crippen LogP contribution in [0.2, 0.25) is 0 Å². The summed E-state index contributed by atoms with van der Waals surface area (Å²) in [7, 11) is 0. The van der Waals surface area contributed by atoms with Gasteiger partial charge in [0, 0.05) is 11.6 Å². The molecule has 5 nitrogen and oxygen atoms in total. The van der Waals surface area contributed by atoms with Crippen molar-refractivity contribution in [2.24, 2.45) is 0 Å². The third kappa shape index (κ3) is 1.85. The monoisotopic (exact) mass is 262 g/mol. The molecule has 4 rings (SSSR count). The van der Waals surface area contributed by atoms with Gasteiger partial charge in [-0.25, -0.2) is 9.97 Å². The third-order valence-corrected chi connectivity index (χ3v) is 2.99. The molecule has 1 aromatic carbocycles. The second kappa shape index (κ2) is 4.31. The Balaban J connectivity index is 1.72. The number of aromatic nitrogens is 3. The quantitative estimate of drug-likeness (QED) is 0.598. The van der Waals surface area contributed by atoms with E-state index in [4.69, 9.17) is 4.42 Å². The van der Waals surface area contributed by atoms with Crippen molar-refractivity contribution < 1.29 is 4.42 Å². The molecule has 3 aromatic heterocycles. The second-order valence-electron chi connectivity index (χ2n) is 4.36.